The second-order valence-electron chi connectivity index (χ2n) is 9.63. The number of hydrogen-bond donors (Lipinski definition) is 1. The molecule has 2 aromatic carbocycles. The van der Waals surface area contributed by atoms with Gasteiger partial charge in [0.1, 0.15) is 5.75 Å². The van der Waals surface area contributed by atoms with Gasteiger partial charge in [-0.05, 0) is 92.1 Å². The van der Waals surface area contributed by atoms with Crippen LogP contribution < -0.4 is 4.74 Å². The third-order valence-corrected chi connectivity index (χ3v) is 7.59. The third-order valence-electron chi connectivity index (χ3n) is 7.59. The molecule has 2 aromatic rings. The molecule has 0 saturated carbocycles. The van der Waals surface area contributed by atoms with Gasteiger partial charge in [-0.3, -0.25) is 9.69 Å². The highest BCUT2D eigenvalue weighted by molar-refractivity contribution is 5.91. The second kappa shape index (κ2) is 11.9. The van der Waals surface area contributed by atoms with E-state index in [1.807, 2.05) is 12.1 Å². The summed E-state index contributed by atoms with van der Waals surface area (Å²) in [6.07, 6.45) is 6.19. The van der Waals surface area contributed by atoms with Crippen LogP contribution in [0.3, 0.4) is 0 Å². The van der Waals surface area contributed by atoms with E-state index in [9.17, 15) is 23.1 Å². The Labute approximate surface area is 210 Å². The van der Waals surface area contributed by atoms with Gasteiger partial charge in [0.05, 0.1) is 13.7 Å². The van der Waals surface area contributed by atoms with Crippen LogP contribution in [0.4, 0.5) is 13.2 Å². The molecular formula is C28H33F3N2O3. The Balaban J connectivity index is 1.27. The minimum Gasteiger partial charge on any atom is -0.497 e. The first-order valence-corrected chi connectivity index (χ1v) is 12.5. The van der Waals surface area contributed by atoms with Crippen molar-refractivity contribution in [2.45, 2.75) is 37.6 Å². The maximum atomic E-state index is 13.4. The normalized spacial score (nSPS) is 19.1. The van der Waals surface area contributed by atoms with E-state index in [4.69, 9.17) is 4.74 Å². The second-order valence-corrected chi connectivity index (χ2v) is 9.63. The summed E-state index contributed by atoms with van der Waals surface area (Å²) in [6.45, 7) is 3.05. The van der Waals surface area contributed by atoms with Crippen LogP contribution >= 0.6 is 0 Å². The smallest absolute Gasteiger partial charge is 0.246 e. The van der Waals surface area contributed by atoms with Crippen molar-refractivity contribution < 1.29 is 27.8 Å². The van der Waals surface area contributed by atoms with E-state index >= 15 is 0 Å². The van der Waals surface area contributed by atoms with E-state index < -0.39 is 17.5 Å². The standard InChI is InChI=1S/C28H33F3N2O3/c1-36-23-5-3-20(4-6-23)21-8-12-32(13-9-21)26(18-34)22-10-14-33(15-11-22)27(35)7-2-19-16-24(29)28(31)25(30)17-19/h2-7,16-17,21-22,26,34H,8-15,18H2,1H3/b7-2+. The lowest BCUT2D eigenvalue weighted by Crippen LogP contribution is -2.50. The number of likely N-dealkylation sites (tertiary alicyclic amines) is 2. The van der Waals surface area contributed by atoms with Crippen LogP contribution in [0.15, 0.2) is 42.5 Å². The molecule has 0 aliphatic carbocycles. The first-order valence-electron chi connectivity index (χ1n) is 12.5. The topological polar surface area (TPSA) is 53.0 Å². The lowest BCUT2D eigenvalue weighted by molar-refractivity contribution is -0.127. The van der Waals surface area contributed by atoms with E-state index in [1.165, 1.54) is 17.7 Å². The van der Waals surface area contributed by atoms with Crippen LogP contribution in [0, 0.1) is 23.4 Å². The zero-order valence-electron chi connectivity index (χ0n) is 20.5. The van der Waals surface area contributed by atoms with E-state index in [2.05, 4.69) is 17.0 Å². The summed E-state index contributed by atoms with van der Waals surface area (Å²) < 4.78 is 45.1. The highest BCUT2D eigenvalue weighted by Gasteiger charge is 2.33. The SMILES string of the molecule is COc1ccc(C2CCN(C(CO)C3CCN(C(=O)/C=C/c4cc(F)c(F)c(F)c4)CC3)CC2)cc1. The minimum atomic E-state index is -1.52. The Kier molecular flexibility index (Phi) is 8.69. The van der Waals surface area contributed by atoms with Crippen molar-refractivity contribution in [1.82, 2.24) is 9.80 Å². The molecule has 194 valence electrons. The Morgan fingerprint density at radius 3 is 2.19 bits per heavy atom. The summed E-state index contributed by atoms with van der Waals surface area (Å²) in [5.41, 5.74) is 1.41. The molecule has 1 amide bonds. The van der Waals surface area contributed by atoms with Gasteiger partial charge in [0, 0.05) is 25.2 Å². The number of nitrogens with zero attached hydrogens (tertiary/aromatic N) is 2. The number of ether oxygens (including phenoxy) is 1. The molecule has 1 unspecified atom stereocenters. The maximum Gasteiger partial charge on any atom is 0.246 e. The molecule has 2 fully saturated rings. The number of aliphatic hydroxyl groups is 1. The van der Waals surface area contributed by atoms with Gasteiger partial charge < -0.3 is 14.7 Å². The number of amides is 1. The van der Waals surface area contributed by atoms with Crippen molar-refractivity contribution >= 4 is 12.0 Å². The number of benzene rings is 2. The average molecular weight is 503 g/mol. The largest absolute Gasteiger partial charge is 0.497 e. The number of carbonyl (C=O) groups is 1. The van der Waals surface area contributed by atoms with Crippen LogP contribution in [0.2, 0.25) is 0 Å². The highest BCUT2D eigenvalue weighted by atomic mass is 19.2. The van der Waals surface area contributed by atoms with Crippen molar-refractivity contribution in [3.05, 3.63) is 71.1 Å². The Bertz CT molecular complexity index is 1040. The van der Waals surface area contributed by atoms with E-state index in [0.29, 0.717) is 24.9 Å². The lowest BCUT2D eigenvalue weighted by Gasteiger charge is -2.43. The number of rotatable bonds is 7. The van der Waals surface area contributed by atoms with Gasteiger partial charge >= 0.3 is 0 Å². The fourth-order valence-electron chi connectivity index (χ4n) is 5.45. The first-order chi connectivity index (χ1) is 17.4. The van der Waals surface area contributed by atoms with Crippen molar-refractivity contribution in [2.24, 2.45) is 5.92 Å². The Morgan fingerprint density at radius 2 is 1.64 bits per heavy atom. The number of halogens is 3. The summed E-state index contributed by atoms with van der Waals surface area (Å²) in [5, 5.41) is 10.2. The highest BCUT2D eigenvalue weighted by Crippen LogP contribution is 2.33. The summed E-state index contributed by atoms with van der Waals surface area (Å²) in [4.78, 5) is 16.7. The fraction of sp³-hybridized carbons (Fsp3) is 0.464. The molecule has 4 rings (SSSR count). The average Bonchev–Trinajstić information content (AvgIpc) is 2.91. The summed E-state index contributed by atoms with van der Waals surface area (Å²) in [5.74, 6) is -2.70. The number of carbonyl (C=O) groups excluding carboxylic acids is 1. The van der Waals surface area contributed by atoms with E-state index in [-0.39, 0.29) is 24.1 Å². The van der Waals surface area contributed by atoms with Crippen LogP contribution in [0.5, 0.6) is 5.75 Å². The molecule has 8 heteroatoms. The predicted octanol–water partition coefficient (Wildman–Crippen LogP) is 4.60. The van der Waals surface area contributed by atoms with Gasteiger partial charge in [0.2, 0.25) is 5.91 Å². The third kappa shape index (κ3) is 6.10. The quantitative estimate of drug-likeness (QED) is 0.444. The summed E-state index contributed by atoms with van der Waals surface area (Å²) in [7, 11) is 1.66. The van der Waals surface area contributed by atoms with Crippen LogP contribution in [-0.4, -0.2) is 66.8 Å². The monoisotopic (exact) mass is 502 g/mol. The molecule has 2 aliphatic heterocycles. The van der Waals surface area contributed by atoms with Crippen LogP contribution in [-0.2, 0) is 4.79 Å². The number of methoxy groups -OCH3 is 1. The Hall–Kier alpha value is -2.84. The van der Waals surface area contributed by atoms with Crippen molar-refractivity contribution in [1.29, 1.82) is 0 Å². The molecule has 2 aliphatic rings. The molecule has 0 spiro atoms. The molecule has 0 aromatic heterocycles. The molecule has 1 N–H and O–H groups in total. The predicted molar refractivity (Wildman–Crippen MR) is 132 cm³/mol. The summed E-state index contributed by atoms with van der Waals surface area (Å²) in [6, 6.07) is 10.0. The van der Waals surface area contributed by atoms with Gasteiger partial charge in [0.25, 0.3) is 0 Å². The number of hydrogen-bond acceptors (Lipinski definition) is 4. The van der Waals surface area contributed by atoms with Gasteiger partial charge in [-0.15, -0.1) is 0 Å². The van der Waals surface area contributed by atoms with Gasteiger partial charge in [0.15, 0.2) is 17.5 Å². The number of piperidine rings is 2. The molecule has 0 bridgehead atoms. The molecular weight excluding hydrogens is 469 g/mol. The minimum absolute atomic E-state index is 0.0692. The van der Waals surface area contributed by atoms with Gasteiger partial charge in [-0.25, -0.2) is 13.2 Å². The maximum absolute atomic E-state index is 13.4. The van der Waals surface area contributed by atoms with Crippen molar-refractivity contribution in [2.75, 3.05) is 39.9 Å². The molecule has 0 radical (unpaired) electrons. The molecule has 36 heavy (non-hydrogen) atoms. The molecule has 1 atom stereocenters. The summed E-state index contributed by atoms with van der Waals surface area (Å²) >= 11 is 0. The Morgan fingerprint density at radius 1 is 1.03 bits per heavy atom. The van der Waals surface area contributed by atoms with Crippen LogP contribution in [0.25, 0.3) is 6.08 Å². The van der Waals surface area contributed by atoms with E-state index in [1.54, 1.807) is 12.0 Å². The molecule has 2 saturated heterocycles. The van der Waals surface area contributed by atoms with Crippen LogP contribution in [0.1, 0.15) is 42.7 Å². The fourth-order valence-corrected chi connectivity index (χ4v) is 5.45. The van der Waals surface area contributed by atoms with Crippen molar-refractivity contribution in [3.63, 3.8) is 0 Å². The molecule has 5 nitrogen and oxygen atoms in total. The van der Waals surface area contributed by atoms with Gasteiger partial charge in [-0.2, -0.15) is 0 Å². The lowest BCUT2D eigenvalue weighted by atomic mass is 9.85. The first kappa shape index (κ1) is 26.2. The van der Waals surface area contributed by atoms with E-state index in [0.717, 1.165) is 56.7 Å². The zero-order chi connectivity index (χ0) is 25.7. The number of aliphatic hydroxyl groups excluding tert-OH is 1. The van der Waals surface area contributed by atoms with Crippen molar-refractivity contribution in [3.8, 4) is 5.75 Å². The zero-order valence-corrected chi connectivity index (χ0v) is 20.5. The molecule has 2 heterocycles. The van der Waals surface area contributed by atoms with Gasteiger partial charge in [-0.1, -0.05) is 12.1 Å².